The van der Waals surface area contributed by atoms with Crippen molar-refractivity contribution < 1.29 is 9.53 Å². The van der Waals surface area contributed by atoms with Gasteiger partial charge in [-0.2, -0.15) is 0 Å². The zero-order valence-electron chi connectivity index (χ0n) is 18.9. The topological polar surface area (TPSA) is 77.3 Å². The van der Waals surface area contributed by atoms with Crippen LogP contribution in [0.1, 0.15) is 55.2 Å². The van der Waals surface area contributed by atoms with E-state index in [-0.39, 0.29) is 24.2 Å². The summed E-state index contributed by atoms with van der Waals surface area (Å²) >= 11 is 0. The van der Waals surface area contributed by atoms with Crippen LogP contribution in [0, 0.1) is 6.92 Å². The average Bonchev–Trinajstić information content (AvgIpc) is 2.76. The molecule has 7 heteroatoms. The van der Waals surface area contributed by atoms with Crippen LogP contribution >= 0.6 is 0 Å². The van der Waals surface area contributed by atoms with Crippen LogP contribution < -0.4 is 5.56 Å². The van der Waals surface area contributed by atoms with Gasteiger partial charge < -0.3 is 9.64 Å². The van der Waals surface area contributed by atoms with Gasteiger partial charge in [0.25, 0.3) is 5.56 Å². The molecule has 0 saturated heterocycles. The van der Waals surface area contributed by atoms with Crippen LogP contribution in [0.5, 0.6) is 0 Å². The van der Waals surface area contributed by atoms with Crippen molar-refractivity contribution in [2.75, 3.05) is 6.54 Å². The van der Waals surface area contributed by atoms with E-state index in [1.165, 1.54) is 0 Å². The molecular formula is C25H28N4O3. The predicted molar refractivity (Wildman–Crippen MR) is 122 cm³/mol. The van der Waals surface area contributed by atoms with E-state index in [0.717, 1.165) is 11.3 Å². The summed E-state index contributed by atoms with van der Waals surface area (Å²) in [6.45, 7) is 8.02. The first-order valence-corrected chi connectivity index (χ1v) is 10.8. The number of nitrogens with zero attached hydrogens (tertiary/aromatic N) is 4. The predicted octanol–water partition coefficient (Wildman–Crippen LogP) is 3.88. The second kappa shape index (κ2) is 8.57. The monoisotopic (exact) mass is 432 g/mol. The van der Waals surface area contributed by atoms with Crippen LogP contribution in [-0.4, -0.2) is 37.7 Å². The van der Waals surface area contributed by atoms with Crippen molar-refractivity contribution in [2.24, 2.45) is 0 Å². The third kappa shape index (κ3) is 4.42. The van der Waals surface area contributed by atoms with Crippen molar-refractivity contribution in [1.82, 2.24) is 19.4 Å². The molecule has 1 aliphatic rings. The molecule has 0 N–H and O–H groups in total. The van der Waals surface area contributed by atoms with Gasteiger partial charge in [-0.1, -0.05) is 36.4 Å². The molecular weight excluding hydrogens is 404 g/mol. The summed E-state index contributed by atoms with van der Waals surface area (Å²) in [5.41, 5.74) is 2.35. The molecule has 4 rings (SSSR count). The van der Waals surface area contributed by atoms with Gasteiger partial charge >= 0.3 is 6.09 Å². The Morgan fingerprint density at radius 3 is 2.47 bits per heavy atom. The first kappa shape index (κ1) is 21.7. The van der Waals surface area contributed by atoms with Crippen LogP contribution in [0.15, 0.2) is 59.5 Å². The minimum atomic E-state index is -0.574. The molecule has 0 spiro atoms. The molecule has 1 aromatic carbocycles. The number of pyridine rings is 1. The lowest BCUT2D eigenvalue weighted by molar-refractivity contribution is 0.0219. The zero-order valence-corrected chi connectivity index (χ0v) is 18.9. The smallest absolute Gasteiger partial charge is 0.410 e. The van der Waals surface area contributed by atoms with E-state index >= 15 is 0 Å². The quantitative estimate of drug-likeness (QED) is 0.628. The van der Waals surface area contributed by atoms with Crippen molar-refractivity contribution in [1.29, 1.82) is 0 Å². The Morgan fingerprint density at radius 1 is 1.09 bits per heavy atom. The largest absolute Gasteiger partial charge is 0.444 e. The van der Waals surface area contributed by atoms with Crippen molar-refractivity contribution in [2.45, 2.75) is 52.3 Å². The fourth-order valence-electron chi connectivity index (χ4n) is 4.03. The Bertz CT molecular complexity index is 1130. The Morgan fingerprint density at radius 2 is 1.81 bits per heavy atom. The summed E-state index contributed by atoms with van der Waals surface area (Å²) in [6, 6.07) is 15.2. The first-order chi connectivity index (χ1) is 15.2. The Labute approximate surface area is 187 Å². The molecule has 2 aromatic heterocycles. The van der Waals surface area contributed by atoms with Gasteiger partial charge in [0, 0.05) is 18.3 Å². The molecule has 3 heterocycles. The lowest BCUT2D eigenvalue weighted by Gasteiger charge is -2.31. The fraction of sp³-hybridized carbons (Fsp3) is 0.360. The number of aryl methyl sites for hydroxylation is 1. The molecule has 1 unspecified atom stereocenters. The molecule has 0 bridgehead atoms. The van der Waals surface area contributed by atoms with Crippen molar-refractivity contribution in [3.63, 3.8) is 0 Å². The summed E-state index contributed by atoms with van der Waals surface area (Å²) in [6.07, 6.45) is 1.78. The maximum atomic E-state index is 13.7. The average molecular weight is 433 g/mol. The number of fused-ring (bicyclic) bond motifs is 1. The highest BCUT2D eigenvalue weighted by molar-refractivity contribution is 5.68. The molecule has 3 aromatic rings. The number of carbonyl (C=O) groups excluding carboxylic acids is 1. The van der Waals surface area contributed by atoms with E-state index in [1.807, 2.05) is 76.2 Å². The summed E-state index contributed by atoms with van der Waals surface area (Å²) in [4.78, 5) is 37.1. The highest BCUT2D eigenvalue weighted by Gasteiger charge is 2.30. The van der Waals surface area contributed by atoms with E-state index < -0.39 is 5.60 Å². The minimum Gasteiger partial charge on any atom is -0.444 e. The fourth-order valence-corrected chi connectivity index (χ4v) is 4.03. The molecule has 32 heavy (non-hydrogen) atoms. The number of rotatable bonds is 3. The summed E-state index contributed by atoms with van der Waals surface area (Å²) in [5, 5.41) is 0. The molecule has 166 valence electrons. The van der Waals surface area contributed by atoms with Crippen molar-refractivity contribution in [3.8, 4) is 0 Å². The third-order valence-corrected chi connectivity index (χ3v) is 5.44. The lowest BCUT2D eigenvalue weighted by Crippen LogP contribution is -2.43. The molecule has 1 atom stereocenters. The van der Waals surface area contributed by atoms with E-state index in [2.05, 4.69) is 4.98 Å². The standard InChI is InChI=1S/C25H28N4O3/c1-17-27-21-16-28(24(31)32-25(2,3)4)15-13-19(21)23(30)29(17)22(18-10-6-5-7-11-18)20-12-8-9-14-26-20/h5-12,14,22H,13,15-16H2,1-4H3. The van der Waals surface area contributed by atoms with Crippen LogP contribution in [0.3, 0.4) is 0 Å². The Hall–Kier alpha value is -3.48. The van der Waals surface area contributed by atoms with Gasteiger partial charge in [-0.15, -0.1) is 0 Å². The van der Waals surface area contributed by atoms with E-state index in [4.69, 9.17) is 9.72 Å². The van der Waals surface area contributed by atoms with E-state index in [1.54, 1.807) is 15.7 Å². The molecule has 0 fully saturated rings. The van der Waals surface area contributed by atoms with E-state index in [9.17, 15) is 9.59 Å². The number of aromatic nitrogens is 3. The number of carbonyl (C=O) groups is 1. The molecule has 1 amide bonds. The van der Waals surface area contributed by atoms with Crippen LogP contribution in [0.2, 0.25) is 0 Å². The van der Waals surface area contributed by atoms with Gasteiger partial charge in [-0.05, 0) is 51.8 Å². The van der Waals surface area contributed by atoms with Gasteiger partial charge in [-0.3, -0.25) is 14.3 Å². The number of ether oxygens (including phenoxy) is 1. The minimum absolute atomic E-state index is 0.0872. The lowest BCUT2D eigenvalue weighted by atomic mass is 10.0. The van der Waals surface area contributed by atoms with Gasteiger partial charge in [0.1, 0.15) is 17.5 Å². The number of hydrogen-bond donors (Lipinski definition) is 0. The summed E-state index contributed by atoms with van der Waals surface area (Å²) in [7, 11) is 0. The molecule has 7 nitrogen and oxygen atoms in total. The Kier molecular flexibility index (Phi) is 5.82. The van der Waals surface area contributed by atoms with Gasteiger partial charge in [0.05, 0.1) is 17.9 Å². The summed E-state index contributed by atoms with van der Waals surface area (Å²) < 4.78 is 7.22. The van der Waals surface area contributed by atoms with Gasteiger partial charge in [-0.25, -0.2) is 9.78 Å². The van der Waals surface area contributed by atoms with Gasteiger partial charge in [0.2, 0.25) is 0 Å². The number of benzene rings is 1. The highest BCUT2D eigenvalue weighted by atomic mass is 16.6. The Balaban J connectivity index is 1.76. The van der Waals surface area contributed by atoms with Crippen molar-refractivity contribution >= 4 is 6.09 Å². The highest BCUT2D eigenvalue weighted by Crippen LogP contribution is 2.26. The second-order valence-corrected chi connectivity index (χ2v) is 8.98. The first-order valence-electron chi connectivity index (χ1n) is 10.8. The maximum Gasteiger partial charge on any atom is 0.410 e. The normalized spacial score (nSPS) is 14.6. The number of hydrogen-bond acceptors (Lipinski definition) is 5. The third-order valence-electron chi connectivity index (χ3n) is 5.44. The SMILES string of the molecule is Cc1nc2c(c(=O)n1C(c1ccccc1)c1ccccn1)CCN(C(=O)OC(C)(C)C)C2. The summed E-state index contributed by atoms with van der Waals surface area (Å²) in [5.74, 6) is 0.583. The zero-order chi connectivity index (χ0) is 22.9. The maximum absolute atomic E-state index is 13.7. The van der Waals surface area contributed by atoms with E-state index in [0.29, 0.717) is 30.0 Å². The van der Waals surface area contributed by atoms with Gasteiger partial charge in [0.15, 0.2) is 0 Å². The molecule has 1 aliphatic heterocycles. The van der Waals surface area contributed by atoms with Crippen LogP contribution in [-0.2, 0) is 17.7 Å². The molecule has 0 aliphatic carbocycles. The van der Waals surface area contributed by atoms with Crippen LogP contribution in [0.25, 0.3) is 0 Å². The molecule has 0 radical (unpaired) electrons. The number of amides is 1. The molecule has 0 saturated carbocycles. The van der Waals surface area contributed by atoms with Crippen LogP contribution in [0.4, 0.5) is 4.79 Å². The second-order valence-electron chi connectivity index (χ2n) is 8.98. The van der Waals surface area contributed by atoms with Crippen molar-refractivity contribution in [3.05, 3.63) is 93.4 Å².